The Balaban J connectivity index is 1.28. The molecule has 3 aliphatic rings. The van der Waals surface area contributed by atoms with Crippen LogP contribution in [0.4, 0.5) is 4.39 Å². The van der Waals surface area contributed by atoms with Crippen LogP contribution in [-0.2, 0) is 4.79 Å². The van der Waals surface area contributed by atoms with Crippen LogP contribution in [0.1, 0.15) is 63.5 Å². The number of carbonyl (C=O) groups is 1. The Morgan fingerprint density at radius 2 is 1.96 bits per heavy atom. The molecule has 2 heterocycles. The fourth-order valence-corrected chi connectivity index (χ4v) is 4.38. The SMILES string of the molecule is CC(NC(=O)CC1CC2CCC(C1)N2)c1ccc(OCC2CC2)c(F)c1. The Morgan fingerprint density at radius 3 is 2.62 bits per heavy atom. The minimum absolute atomic E-state index is 0.0678. The molecule has 1 aliphatic carbocycles. The summed E-state index contributed by atoms with van der Waals surface area (Å²) in [5.41, 5.74) is 0.778. The molecular formula is C21H29FN2O2. The van der Waals surface area contributed by atoms with Crippen LogP contribution in [0.25, 0.3) is 0 Å². The van der Waals surface area contributed by atoms with Gasteiger partial charge in [0, 0.05) is 18.5 Å². The number of ether oxygens (including phenoxy) is 1. The molecular weight excluding hydrogens is 331 g/mol. The van der Waals surface area contributed by atoms with Gasteiger partial charge in [0.05, 0.1) is 12.6 Å². The Bertz CT molecular complexity index is 649. The highest BCUT2D eigenvalue weighted by atomic mass is 19.1. The molecule has 3 atom stereocenters. The molecule has 0 radical (unpaired) electrons. The molecule has 2 N–H and O–H groups in total. The lowest BCUT2D eigenvalue weighted by molar-refractivity contribution is -0.122. The monoisotopic (exact) mass is 360 g/mol. The quantitative estimate of drug-likeness (QED) is 0.779. The third kappa shape index (κ3) is 4.37. The van der Waals surface area contributed by atoms with E-state index in [-0.39, 0.29) is 17.8 Å². The first-order valence-electron chi connectivity index (χ1n) is 10.0. The molecule has 2 bridgehead atoms. The maximum absolute atomic E-state index is 14.2. The third-order valence-corrected chi connectivity index (χ3v) is 6.05. The van der Waals surface area contributed by atoms with Crippen molar-refractivity contribution < 1.29 is 13.9 Å². The molecule has 3 fully saturated rings. The number of carbonyl (C=O) groups excluding carboxylic acids is 1. The number of fused-ring (bicyclic) bond motifs is 2. The molecule has 4 nitrogen and oxygen atoms in total. The van der Waals surface area contributed by atoms with Gasteiger partial charge in [-0.25, -0.2) is 4.39 Å². The summed E-state index contributed by atoms with van der Waals surface area (Å²) in [5.74, 6) is 1.09. The average molecular weight is 360 g/mol. The topological polar surface area (TPSA) is 50.4 Å². The summed E-state index contributed by atoms with van der Waals surface area (Å²) in [4.78, 5) is 12.4. The number of halogens is 1. The van der Waals surface area contributed by atoms with Crippen molar-refractivity contribution in [2.75, 3.05) is 6.61 Å². The summed E-state index contributed by atoms with van der Waals surface area (Å²) in [5, 5.41) is 6.64. The summed E-state index contributed by atoms with van der Waals surface area (Å²) < 4.78 is 19.8. The Labute approximate surface area is 154 Å². The van der Waals surface area contributed by atoms with E-state index in [4.69, 9.17) is 4.74 Å². The highest BCUT2D eigenvalue weighted by molar-refractivity contribution is 5.76. The Kier molecular flexibility index (Phi) is 5.16. The van der Waals surface area contributed by atoms with Crippen molar-refractivity contribution in [1.82, 2.24) is 10.6 Å². The largest absolute Gasteiger partial charge is 0.490 e. The van der Waals surface area contributed by atoms with Crippen LogP contribution < -0.4 is 15.4 Å². The standard InChI is InChI=1S/C21H29FN2O2/c1-13(16-4-7-20(19(22)11-16)26-12-14-2-3-14)23-21(25)10-15-8-17-5-6-18(9-15)24-17/h4,7,11,13-15,17-18,24H,2-3,5-6,8-10,12H2,1H3,(H,23,25). The molecule has 26 heavy (non-hydrogen) atoms. The highest BCUT2D eigenvalue weighted by Gasteiger charge is 2.34. The van der Waals surface area contributed by atoms with E-state index in [2.05, 4.69) is 10.6 Å². The van der Waals surface area contributed by atoms with E-state index in [0.29, 0.717) is 42.7 Å². The fraction of sp³-hybridized carbons (Fsp3) is 0.667. The molecule has 3 unspecified atom stereocenters. The zero-order valence-corrected chi connectivity index (χ0v) is 15.5. The van der Waals surface area contributed by atoms with E-state index in [1.165, 1.54) is 31.7 Å². The van der Waals surface area contributed by atoms with E-state index in [0.717, 1.165) is 18.4 Å². The van der Waals surface area contributed by atoms with Gasteiger partial charge in [-0.3, -0.25) is 4.79 Å². The number of rotatable bonds is 7. The molecule has 4 rings (SSSR count). The number of nitrogens with one attached hydrogen (secondary N) is 2. The van der Waals surface area contributed by atoms with Gasteiger partial charge in [-0.1, -0.05) is 6.07 Å². The Morgan fingerprint density at radius 1 is 1.23 bits per heavy atom. The van der Waals surface area contributed by atoms with E-state index in [1.54, 1.807) is 6.07 Å². The average Bonchev–Trinajstić information content (AvgIpc) is 3.37. The lowest BCUT2D eigenvalue weighted by atomic mass is 9.89. The van der Waals surface area contributed by atoms with Gasteiger partial charge >= 0.3 is 0 Å². The molecule has 5 heteroatoms. The lowest BCUT2D eigenvalue weighted by Gasteiger charge is -2.29. The predicted octanol–water partition coefficient (Wildman–Crippen LogP) is 3.71. The van der Waals surface area contributed by atoms with E-state index < -0.39 is 0 Å². The van der Waals surface area contributed by atoms with Crippen LogP contribution in [0.5, 0.6) is 5.75 Å². The minimum atomic E-state index is -0.348. The number of benzene rings is 1. The van der Waals surface area contributed by atoms with Crippen molar-refractivity contribution in [2.24, 2.45) is 11.8 Å². The fourth-order valence-electron chi connectivity index (χ4n) is 4.38. The van der Waals surface area contributed by atoms with Crippen molar-refractivity contribution in [3.63, 3.8) is 0 Å². The summed E-state index contributed by atoms with van der Waals surface area (Å²) >= 11 is 0. The maximum atomic E-state index is 14.2. The molecule has 1 aromatic carbocycles. The molecule has 1 aromatic rings. The van der Waals surface area contributed by atoms with Crippen LogP contribution in [-0.4, -0.2) is 24.6 Å². The Hall–Kier alpha value is -1.62. The van der Waals surface area contributed by atoms with Gasteiger partial charge in [0.15, 0.2) is 11.6 Å². The van der Waals surface area contributed by atoms with Gasteiger partial charge in [-0.2, -0.15) is 0 Å². The van der Waals surface area contributed by atoms with Crippen LogP contribution in [0.15, 0.2) is 18.2 Å². The molecule has 1 saturated carbocycles. The maximum Gasteiger partial charge on any atom is 0.220 e. The van der Waals surface area contributed by atoms with Crippen molar-refractivity contribution in [3.05, 3.63) is 29.6 Å². The molecule has 0 spiro atoms. The third-order valence-electron chi connectivity index (χ3n) is 6.05. The van der Waals surface area contributed by atoms with Crippen LogP contribution in [0, 0.1) is 17.7 Å². The second kappa shape index (κ2) is 7.55. The second-order valence-corrected chi connectivity index (χ2v) is 8.41. The molecule has 2 aliphatic heterocycles. The molecule has 142 valence electrons. The first-order chi connectivity index (χ1) is 12.6. The summed E-state index contributed by atoms with van der Waals surface area (Å²) in [6, 6.07) is 6.01. The first-order valence-corrected chi connectivity index (χ1v) is 10.0. The number of hydrogen-bond donors (Lipinski definition) is 2. The summed E-state index contributed by atoms with van der Waals surface area (Å²) in [7, 11) is 0. The molecule has 1 amide bonds. The summed E-state index contributed by atoms with van der Waals surface area (Å²) in [6.45, 7) is 2.50. The van der Waals surface area contributed by atoms with Crippen molar-refractivity contribution in [3.8, 4) is 5.75 Å². The van der Waals surface area contributed by atoms with Gasteiger partial charge < -0.3 is 15.4 Å². The van der Waals surface area contributed by atoms with Crippen LogP contribution in [0.2, 0.25) is 0 Å². The van der Waals surface area contributed by atoms with E-state index in [9.17, 15) is 9.18 Å². The van der Waals surface area contributed by atoms with E-state index >= 15 is 0 Å². The van der Waals surface area contributed by atoms with E-state index in [1.807, 2.05) is 13.0 Å². The highest BCUT2D eigenvalue weighted by Crippen LogP contribution is 2.33. The van der Waals surface area contributed by atoms with Crippen LogP contribution in [0.3, 0.4) is 0 Å². The van der Waals surface area contributed by atoms with Crippen molar-refractivity contribution >= 4 is 5.91 Å². The lowest BCUT2D eigenvalue weighted by Crippen LogP contribution is -2.40. The molecule has 0 aromatic heterocycles. The van der Waals surface area contributed by atoms with Gasteiger partial charge in [-0.15, -0.1) is 0 Å². The van der Waals surface area contributed by atoms with Gasteiger partial charge in [0.1, 0.15) is 0 Å². The predicted molar refractivity (Wildman–Crippen MR) is 98.5 cm³/mol. The number of hydrogen-bond acceptors (Lipinski definition) is 3. The van der Waals surface area contributed by atoms with Crippen LogP contribution >= 0.6 is 0 Å². The zero-order valence-electron chi connectivity index (χ0n) is 15.5. The number of amides is 1. The first kappa shape index (κ1) is 17.8. The molecule has 2 saturated heterocycles. The van der Waals surface area contributed by atoms with Gasteiger partial charge in [-0.05, 0) is 75.0 Å². The minimum Gasteiger partial charge on any atom is -0.490 e. The summed E-state index contributed by atoms with van der Waals surface area (Å²) in [6.07, 6.45) is 7.62. The van der Waals surface area contributed by atoms with Gasteiger partial charge in [0.25, 0.3) is 0 Å². The second-order valence-electron chi connectivity index (χ2n) is 8.41. The number of piperidine rings is 1. The zero-order chi connectivity index (χ0) is 18.1. The van der Waals surface area contributed by atoms with Crippen molar-refractivity contribution in [1.29, 1.82) is 0 Å². The normalized spacial score (nSPS) is 28.6. The smallest absolute Gasteiger partial charge is 0.220 e. The van der Waals surface area contributed by atoms with Gasteiger partial charge in [0.2, 0.25) is 5.91 Å². The van der Waals surface area contributed by atoms with Crippen molar-refractivity contribution in [2.45, 2.75) is 70.0 Å².